The van der Waals surface area contributed by atoms with Crippen molar-refractivity contribution in [3.63, 3.8) is 0 Å². The standard InChI is InChI=1S/C17H24BN3O2/c1-16(2)17(3,4)23-18(22-16)12-6-7-13-14(10-12)19-21-9-8-20(5)11-15(13)21/h6-7,10H,8-9,11H2,1-5H3. The molecule has 0 bridgehead atoms. The van der Waals surface area contributed by atoms with Crippen LogP contribution in [0.15, 0.2) is 18.2 Å². The lowest BCUT2D eigenvalue weighted by atomic mass is 9.79. The van der Waals surface area contributed by atoms with Gasteiger partial charge in [-0.05, 0) is 46.3 Å². The van der Waals surface area contributed by atoms with Gasteiger partial charge in [-0.25, -0.2) is 0 Å². The van der Waals surface area contributed by atoms with Crippen LogP contribution >= 0.6 is 0 Å². The fraction of sp³-hybridized carbons (Fsp3) is 0.588. The van der Waals surface area contributed by atoms with E-state index in [-0.39, 0.29) is 18.3 Å². The molecule has 0 amide bonds. The fourth-order valence-electron chi connectivity index (χ4n) is 3.28. The molecule has 0 atom stereocenters. The van der Waals surface area contributed by atoms with Crippen LogP contribution in [0.5, 0.6) is 0 Å². The van der Waals surface area contributed by atoms with E-state index < -0.39 is 0 Å². The van der Waals surface area contributed by atoms with Crippen LogP contribution in [0.2, 0.25) is 0 Å². The highest BCUT2D eigenvalue weighted by molar-refractivity contribution is 6.62. The summed E-state index contributed by atoms with van der Waals surface area (Å²) < 4.78 is 14.4. The fourth-order valence-corrected chi connectivity index (χ4v) is 3.28. The maximum Gasteiger partial charge on any atom is 0.494 e. The number of hydrogen-bond acceptors (Lipinski definition) is 4. The molecule has 0 saturated carbocycles. The summed E-state index contributed by atoms with van der Waals surface area (Å²) in [6.07, 6.45) is 0. The molecule has 4 rings (SSSR count). The Morgan fingerprint density at radius 2 is 1.78 bits per heavy atom. The van der Waals surface area contributed by atoms with Crippen molar-refractivity contribution in [3.8, 4) is 0 Å². The number of hydrogen-bond donors (Lipinski definition) is 0. The molecule has 2 aliphatic heterocycles. The third kappa shape index (κ3) is 2.32. The zero-order chi connectivity index (χ0) is 16.4. The molecule has 0 unspecified atom stereocenters. The first-order chi connectivity index (χ1) is 10.8. The van der Waals surface area contributed by atoms with Gasteiger partial charge in [0.25, 0.3) is 0 Å². The monoisotopic (exact) mass is 313 g/mol. The van der Waals surface area contributed by atoms with Gasteiger partial charge >= 0.3 is 7.12 Å². The van der Waals surface area contributed by atoms with Gasteiger partial charge in [-0.3, -0.25) is 9.58 Å². The number of rotatable bonds is 1. The lowest BCUT2D eigenvalue weighted by Crippen LogP contribution is -2.41. The maximum absolute atomic E-state index is 6.15. The molecule has 2 aliphatic rings. The van der Waals surface area contributed by atoms with Gasteiger partial charge in [0.15, 0.2) is 0 Å². The molecule has 0 spiro atoms. The number of benzene rings is 1. The van der Waals surface area contributed by atoms with E-state index in [0.29, 0.717) is 0 Å². The van der Waals surface area contributed by atoms with Crippen molar-refractivity contribution >= 4 is 23.5 Å². The van der Waals surface area contributed by atoms with Crippen molar-refractivity contribution in [2.45, 2.75) is 52.0 Å². The second-order valence-electron chi connectivity index (χ2n) is 7.77. The van der Waals surface area contributed by atoms with Crippen LogP contribution in [-0.2, 0) is 22.4 Å². The van der Waals surface area contributed by atoms with E-state index in [0.717, 1.165) is 30.6 Å². The predicted molar refractivity (Wildman–Crippen MR) is 91.8 cm³/mol. The largest absolute Gasteiger partial charge is 0.494 e. The number of likely N-dealkylation sites (N-methyl/N-ethyl adjacent to an activating group) is 1. The van der Waals surface area contributed by atoms with Gasteiger partial charge in [-0.1, -0.05) is 12.1 Å². The first kappa shape index (κ1) is 15.2. The van der Waals surface area contributed by atoms with Crippen LogP contribution < -0.4 is 5.46 Å². The van der Waals surface area contributed by atoms with E-state index in [2.05, 4.69) is 62.5 Å². The van der Waals surface area contributed by atoms with Crippen molar-refractivity contribution in [1.29, 1.82) is 0 Å². The molecule has 122 valence electrons. The number of nitrogens with zero attached hydrogens (tertiary/aromatic N) is 3. The Labute approximate surface area is 137 Å². The highest BCUT2D eigenvalue weighted by Crippen LogP contribution is 2.36. The molecular weight excluding hydrogens is 289 g/mol. The van der Waals surface area contributed by atoms with Crippen LogP contribution in [0.4, 0.5) is 0 Å². The van der Waals surface area contributed by atoms with E-state index in [9.17, 15) is 0 Å². The average Bonchev–Trinajstić information content (AvgIpc) is 2.92. The number of fused-ring (bicyclic) bond motifs is 3. The molecule has 1 aromatic heterocycles. The van der Waals surface area contributed by atoms with Crippen molar-refractivity contribution in [1.82, 2.24) is 14.7 Å². The van der Waals surface area contributed by atoms with Crippen LogP contribution in [0.25, 0.3) is 10.9 Å². The molecule has 0 radical (unpaired) electrons. The summed E-state index contributed by atoms with van der Waals surface area (Å²) in [5.41, 5.74) is 2.74. The third-order valence-corrected chi connectivity index (χ3v) is 5.51. The van der Waals surface area contributed by atoms with Gasteiger partial charge in [0, 0.05) is 18.5 Å². The lowest BCUT2D eigenvalue weighted by Gasteiger charge is -2.32. The Morgan fingerprint density at radius 1 is 1.09 bits per heavy atom. The van der Waals surface area contributed by atoms with Crippen LogP contribution in [0.3, 0.4) is 0 Å². The topological polar surface area (TPSA) is 39.5 Å². The summed E-state index contributed by atoms with van der Waals surface area (Å²) >= 11 is 0. The van der Waals surface area contributed by atoms with Crippen molar-refractivity contribution < 1.29 is 9.31 Å². The average molecular weight is 313 g/mol. The molecule has 6 heteroatoms. The van der Waals surface area contributed by atoms with E-state index in [4.69, 9.17) is 14.4 Å². The molecule has 1 aromatic carbocycles. The first-order valence-corrected chi connectivity index (χ1v) is 8.30. The normalized spacial score (nSPS) is 23.4. The van der Waals surface area contributed by atoms with Crippen LogP contribution in [0, 0.1) is 0 Å². The van der Waals surface area contributed by atoms with Crippen LogP contribution in [-0.4, -0.2) is 46.6 Å². The Balaban J connectivity index is 1.71. The van der Waals surface area contributed by atoms with Gasteiger partial charge < -0.3 is 9.31 Å². The van der Waals surface area contributed by atoms with E-state index >= 15 is 0 Å². The molecule has 5 nitrogen and oxygen atoms in total. The lowest BCUT2D eigenvalue weighted by molar-refractivity contribution is 0.00578. The zero-order valence-corrected chi connectivity index (χ0v) is 14.6. The van der Waals surface area contributed by atoms with Crippen molar-refractivity contribution in [2.24, 2.45) is 0 Å². The third-order valence-electron chi connectivity index (χ3n) is 5.51. The summed E-state index contributed by atoms with van der Waals surface area (Å²) in [6, 6.07) is 6.39. The SMILES string of the molecule is CN1CCn2nc3cc(B4OC(C)(C)C(C)(C)O4)ccc3c2C1. The summed E-state index contributed by atoms with van der Waals surface area (Å²) in [5, 5.41) is 6.00. The Morgan fingerprint density at radius 3 is 2.48 bits per heavy atom. The summed E-state index contributed by atoms with van der Waals surface area (Å²) in [6.45, 7) is 11.3. The van der Waals surface area contributed by atoms with Gasteiger partial charge in [-0.15, -0.1) is 0 Å². The Bertz CT molecular complexity index is 753. The molecule has 2 aromatic rings. The van der Waals surface area contributed by atoms with Crippen molar-refractivity contribution in [2.75, 3.05) is 13.6 Å². The summed E-state index contributed by atoms with van der Waals surface area (Å²) in [7, 11) is 1.83. The van der Waals surface area contributed by atoms with E-state index in [1.807, 2.05) is 0 Å². The Hall–Kier alpha value is -1.37. The summed E-state index contributed by atoms with van der Waals surface area (Å²) in [5.74, 6) is 0. The maximum atomic E-state index is 6.15. The molecule has 23 heavy (non-hydrogen) atoms. The zero-order valence-electron chi connectivity index (χ0n) is 14.6. The molecule has 1 saturated heterocycles. The van der Waals surface area contributed by atoms with E-state index in [1.165, 1.54) is 11.1 Å². The van der Waals surface area contributed by atoms with Gasteiger partial charge in [0.2, 0.25) is 0 Å². The highest BCUT2D eigenvalue weighted by atomic mass is 16.7. The first-order valence-electron chi connectivity index (χ1n) is 8.30. The highest BCUT2D eigenvalue weighted by Gasteiger charge is 2.51. The molecular formula is C17H24BN3O2. The molecule has 1 fully saturated rings. The second kappa shape index (κ2) is 4.82. The molecule has 0 N–H and O–H groups in total. The minimum absolute atomic E-state index is 0.317. The van der Waals surface area contributed by atoms with Gasteiger partial charge in [0.05, 0.1) is 29.0 Å². The smallest absolute Gasteiger partial charge is 0.399 e. The van der Waals surface area contributed by atoms with Gasteiger partial charge in [-0.2, -0.15) is 5.10 Å². The van der Waals surface area contributed by atoms with Gasteiger partial charge in [0.1, 0.15) is 0 Å². The molecule has 0 aliphatic carbocycles. The van der Waals surface area contributed by atoms with Crippen LogP contribution in [0.1, 0.15) is 33.4 Å². The minimum atomic E-state index is -0.328. The second-order valence-corrected chi connectivity index (χ2v) is 7.77. The summed E-state index contributed by atoms with van der Waals surface area (Å²) in [4.78, 5) is 2.33. The molecule has 3 heterocycles. The van der Waals surface area contributed by atoms with Crippen molar-refractivity contribution in [3.05, 3.63) is 23.9 Å². The van der Waals surface area contributed by atoms with E-state index in [1.54, 1.807) is 0 Å². The quantitative estimate of drug-likeness (QED) is 0.753. The predicted octanol–water partition coefficient (Wildman–Crippen LogP) is 1.78. The Kier molecular flexibility index (Phi) is 3.18. The minimum Gasteiger partial charge on any atom is -0.399 e. The number of aromatic nitrogens is 2.